The van der Waals surface area contributed by atoms with Crippen LogP contribution in [-0.4, -0.2) is 10.0 Å². The zero-order valence-electron chi connectivity index (χ0n) is 6.62. The van der Waals surface area contributed by atoms with Gasteiger partial charge >= 0.3 is 5.69 Å². The number of benzene rings is 1. The number of rotatable bonds is 1. The first-order valence-corrected chi connectivity index (χ1v) is 4.42. The van der Waals surface area contributed by atoms with Crippen molar-refractivity contribution in [3.63, 3.8) is 0 Å². The predicted octanol–water partition coefficient (Wildman–Crippen LogP) is 0.579. The molecule has 4 nitrogen and oxygen atoms in total. The highest BCUT2D eigenvalue weighted by Crippen LogP contribution is 2.26. The average Bonchev–Trinajstić information content (AvgIpc) is 2.11. The van der Waals surface area contributed by atoms with E-state index >= 15 is 0 Å². The second kappa shape index (κ2) is 3.71. The van der Waals surface area contributed by atoms with E-state index in [1.54, 1.807) is 0 Å². The predicted molar refractivity (Wildman–Crippen MR) is 53.4 cm³/mol. The van der Waals surface area contributed by atoms with Gasteiger partial charge in [-0.25, -0.2) is 0 Å². The maximum atomic E-state index is 13.0. The van der Waals surface area contributed by atoms with Gasteiger partial charge in [0.15, 0.2) is 5.75 Å². The largest absolute Gasteiger partial charge is 0.504 e. The van der Waals surface area contributed by atoms with Crippen LogP contribution in [0.1, 0.15) is 0 Å². The van der Waals surface area contributed by atoms with Gasteiger partial charge in [-0.1, -0.05) is 9.24 Å². The Morgan fingerprint density at radius 2 is 1.71 bits per heavy atom. The number of nitrogens with zero attached hydrogens (tertiary/aromatic N) is 1. The van der Waals surface area contributed by atoms with Gasteiger partial charge in [-0.15, -0.1) is 9.24 Å². The SMILES string of the molecule is O=[N+]([O-])c1c(F)c(F)c(O)c(P)c1P. The summed E-state index contributed by atoms with van der Waals surface area (Å²) in [6, 6.07) is 0. The molecule has 0 spiro atoms. The van der Waals surface area contributed by atoms with Crippen LogP contribution in [0.3, 0.4) is 0 Å². The molecule has 0 aromatic heterocycles. The minimum atomic E-state index is -1.66. The lowest BCUT2D eigenvalue weighted by Crippen LogP contribution is -2.19. The molecule has 1 rings (SSSR count). The van der Waals surface area contributed by atoms with E-state index in [0.29, 0.717) is 0 Å². The van der Waals surface area contributed by atoms with Gasteiger partial charge in [0.1, 0.15) is 0 Å². The molecule has 0 aliphatic carbocycles. The summed E-state index contributed by atoms with van der Waals surface area (Å²) in [5.41, 5.74) is -0.990. The van der Waals surface area contributed by atoms with E-state index < -0.39 is 28.0 Å². The minimum absolute atomic E-state index is 0.152. The Kier molecular flexibility index (Phi) is 2.98. The van der Waals surface area contributed by atoms with Crippen molar-refractivity contribution in [1.29, 1.82) is 0 Å². The van der Waals surface area contributed by atoms with Crippen molar-refractivity contribution >= 4 is 34.8 Å². The van der Waals surface area contributed by atoms with Crippen LogP contribution in [0, 0.1) is 21.7 Å². The molecule has 0 radical (unpaired) electrons. The number of aromatic hydroxyl groups is 1. The molecule has 0 saturated carbocycles. The summed E-state index contributed by atoms with van der Waals surface area (Å²) in [6.07, 6.45) is 0. The number of hydrogen-bond acceptors (Lipinski definition) is 3. The van der Waals surface area contributed by atoms with Crippen LogP contribution in [-0.2, 0) is 0 Å². The van der Waals surface area contributed by atoms with Crippen molar-refractivity contribution in [2.24, 2.45) is 0 Å². The Hall–Kier alpha value is -0.860. The smallest absolute Gasteiger partial charge is 0.315 e. The van der Waals surface area contributed by atoms with E-state index in [9.17, 15) is 18.9 Å². The van der Waals surface area contributed by atoms with E-state index in [2.05, 4.69) is 0 Å². The quantitative estimate of drug-likeness (QED) is 0.443. The maximum absolute atomic E-state index is 13.0. The topological polar surface area (TPSA) is 63.4 Å². The third-order valence-corrected chi connectivity index (χ3v) is 3.09. The van der Waals surface area contributed by atoms with Crippen LogP contribution >= 0.6 is 18.5 Å². The van der Waals surface area contributed by atoms with Gasteiger partial charge in [0.2, 0.25) is 11.6 Å². The molecule has 0 aliphatic heterocycles. The molecule has 2 atom stereocenters. The molecular formula is C6H5F2NO3P2. The molecule has 0 heterocycles. The van der Waals surface area contributed by atoms with Crippen molar-refractivity contribution < 1.29 is 18.8 Å². The van der Waals surface area contributed by atoms with Gasteiger partial charge < -0.3 is 5.11 Å². The summed E-state index contributed by atoms with van der Waals surface area (Å²) in [7, 11) is 3.77. The van der Waals surface area contributed by atoms with Gasteiger partial charge in [-0.05, 0) is 0 Å². The van der Waals surface area contributed by atoms with Gasteiger partial charge in [0.25, 0.3) is 0 Å². The van der Waals surface area contributed by atoms with Crippen LogP contribution < -0.4 is 10.6 Å². The van der Waals surface area contributed by atoms with Gasteiger partial charge in [-0.2, -0.15) is 8.78 Å². The second-order valence-corrected chi connectivity index (χ2v) is 3.56. The van der Waals surface area contributed by atoms with Crippen molar-refractivity contribution in [3.8, 4) is 5.75 Å². The molecule has 0 bridgehead atoms. The molecule has 2 unspecified atom stereocenters. The molecule has 76 valence electrons. The molecular weight excluding hydrogens is 234 g/mol. The summed E-state index contributed by atoms with van der Waals surface area (Å²) in [6.45, 7) is 0. The van der Waals surface area contributed by atoms with Crippen molar-refractivity contribution in [3.05, 3.63) is 21.7 Å². The first kappa shape index (κ1) is 11.2. The lowest BCUT2D eigenvalue weighted by Gasteiger charge is -2.05. The second-order valence-electron chi connectivity index (χ2n) is 2.41. The van der Waals surface area contributed by atoms with E-state index in [-0.39, 0.29) is 10.6 Å². The summed E-state index contributed by atoms with van der Waals surface area (Å²) in [4.78, 5) is 9.31. The van der Waals surface area contributed by atoms with Crippen LogP contribution in [0.4, 0.5) is 14.5 Å². The molecule has 1 aromatic rings. The molecule has 14 heavy (non-hydrogen) atoms. The third-order valence-electron chi connectivity index (χ3n) is 1.59. The monoisotopic (exact) mass is 239 g/mol. The number of phenols is 1. The Morgan fingerprint density at radius 3 is 2.14 bits per heavy atom. The Labute approximate surface area is 81.9 Å². The summed E-state index contributed by atoms with van der Waals surface area (Å²) in [5, 5.41) is 19.0. The standard InChI is InChI=1S/C6H5F2NO3P2/c7-1-2(8)4(10)6(14)5(13)3(1)9(11)12/h10H,13-14H2. The fourth-order valence-corrected chi connectivity index (χ4v) is 1.51. The van der Waals surface area contributed by atoms with Crippen LogP contribution in [0.5, 0.6) is 5.75 Å². The molecule has 0 amide bonds. The molecule has 0 saturated heterocycles. The molecule has 0 fully saturated rings. The fraction of sp³-hybridized carbons (Fsp3) is 0. The van der Waals surface area contributed by atoms with Crippen molar-refractivity contribution in [2.45, 2.75) is 0 Å². The number of nitro groups is 1. The van der Waals surface area contributed by atoms with Gasteiger partial charge in [0, 0.05) is 5.30 Å². The summed E-state index contributed by atoms with van der Waals surface area (Å²) < 4.78 is 25.8. The number of nitro benzene ring substituents is 1. The molecule has 1 N–H and O–H groups in total. The van der Waals surface area contributed by atoms with Crippen LogP contribution in [0.2, 0.25) is 0 Å². The van der Waals surface area contributed by atoms with Crippen molar-refractivity contribution in [1.82, 2.24) is 0 Å². The highest BCUT2D eigenvalue weighted by Gasteiger charge is 2.27. The van der Waals surface area contributed by atoms with Crippen molar-refractivity contribution in [2.75, 3.05) is 0 Å². The third kappa shape index (κ3) is 1.56. The minimum Gasteiger partial charge on any atom is -0.504 e. The summed E-state index contributed by atoms with van der Waals surface area (Å²) in [5.74, 6) is -4.22. The zero-order valence-corrected chi connectivity index (χ0v) is 8.93. The Bertz CT molecular complexity index is 395. The van der Waals surface area contributed by atoms with Crippen LogP contribution in [0.15, 0.2) is 0 Å². The fourth-order valence-electron chi connectivity index (χ4n) is 0.878. The lowest BCUT2D eigenvalue weighted by molar-refractivity contribution is -0.386. The van der Waals surface area contributed by atoms with E-state index in [0.717, 1.165) is 0 Å². The van der Waals surface area contributed by atoms with E-state index in [1.807, 2.05) is 18.5 Å². The lowest BCUT2D eigenvalue weighted by atomic mass is 10.2. The highest BCUT2D eigenvalue weighted by atomic mass is 31.0. The molecule has 8 heteroatoms. The normalized spacial score (nSPS) is 10.3. The molecule has 0 aliphatic rings. The Morgan fingerprint density at radius 1 is 1.21 bits per heavy atom. The number of phenolic OH excluding ortho intramolecular Hbond substituents is 1. The molecule has 1 aromatic carbocycles. The van der Waals surface area contributed by atoms with E-state index in [1.165, 1.54) is 0 Å². The van der Waals surface area contributed by atoms with E-state index in [4.69, 9.17) is 5.11 Å². The summed E-state index contributed by atoms with van der Waals surface area (Å²) >= 11 is 0. The van der Waals surface area contributed by atoms with Gasteiger partial charge in [-0.3, -0.25) is 10.1 Å². The average molecular weight is 239 g/mol. The van der Waals surface area contributed by atoms with Crippen LogP contribution in [0.25, 0.3) is 0 Å². The first-order valence-electron chi connectivity index (χ1n) is 3.27. The van der Waals surface area contributed by atoms with Gasteiger partial charge in [0.05, 0.1) is 10.2 Å². The first-order chi connectivity index (χ1) is 6.37. The highest BCUT2D eigenvalue weighted by molar-refractivity contribution is 7.36. The maximum Gasteiger partial charge on any atom is 0.315 e. The number of halogens is 2. The zero-order chi connectivity index (χ0) is 11.0. The number of hydrogen-bond donors (Lipinski definition) is 1. The Balaban J connectivity index is 3.68.